The van der Waals surface area contributed by atoms with Gasteiger partial charge in [0.1, 0.15) is 11.6 Å². The van der Waals surface area contributed by atoms with Crippen molar-refractivity contribution in [2.45, 2.75) is 32.1 Å². The molecule has 0 aliphatic carbocycles. The van der Waals surface area contributed by atoms with Crippen LogP contribution in [-0.2, 0) is 11.2 Å². The van der Waals surface area contributed by atoms with Crippen molar-refractivity contribution in [2.24, 2.45) is 5.92 Å². The molecule has 2 aromatic rings. The molecule has 0 bridgehead atoms. The molecule has 3 rings (SSSR count). The Labute approximate surface area is 182 Å². The predicted octanol–water partition coefficient (Wildman–Crippen LogP) is 4.22. The summed E-state index contributed by atoms with van der Waals surface area (Å²) in [4.78, 5) is 26.2. The van der Waals surface area contributed by atoms with Gasteiger partial charge in [-0.05, 0) is 61.4 Å². The lowest BCUT2D eigenvalue weighted by Crippen LogP contribution is -2.41. The van der Waals surface area contributed by atoms with Gasteiger partial charge in [0.25, 0.3) is 0 Å². The summed E-state index contributed by atoms with van der Waals surface area (Å²) in [6.07, 6.45) is 3.78. The Bertz CT molecular complexity index is 882. The Balaban J connectivity index is 1.31. The lowest BCUT2D eigenvalue weighted by molar-refractivity contribution is -0.121. The van der Waals surface area contributed by atoms with Crippen molar-refractivity contribution in [3.63, 3.8) is 0 Å². The van der Waals surface area contributed by atoms with Crippen LogP contribution >= 0.6 is 0 Å². The molecule has 1 aliphatic heterocycles. The number of aryl methyl sites for hydroxylation is 1. The first-order valence-corrected chi connectivity index (χ1v) is 10.7. The molecule has 31 heavy (non-hydrogen) atoms. The van der Waals surface area contributed by atoms with Gasteiger partial charge in [-0.3, -0.25) is 4.79 Å². The molecule has 2 N–H and O–H groups in total. The van der Waals surface area contributed by atoms with Crippen molar-refractivity contribution >= 4 is 17.6 Å². The molecule has 0 spiro atoms. The number of para-hydroxylation sites is 1. The maximum absolute atomic E-state index is 13.7. The number of amides is 3. The number of piperidine rings is 1. The minimum Gasteiger partial charge on any atom is -0.497 e. The SMILES string of the molecule is COc1cccc(CCC(=O)NCCC2CCN(C(=O)Nc3ccccc3F)CC2)c1. The van der Waals surface area contributed by atoms with Crippen LogP contribution in [0.5, 0.6) is 5.75 Å². The monoisotopic (exact) mass is 427 g/mol. The zero-order valence-electron chi connectivity index (χ0n) is 17.9. The van der Waals surface area contributed by atoms with E-state index in [1.807, 2.05) is 24.3 Å². The second-order valence-electron chi connectivity index (χ2n) is 7.83. The highest BCUT2D eigenvalue weighted by Gasteiger charge is 2.23. The number of anilines is 1. The van der Waals surface area contributed by atoms with Crippen molar-refractivity contribution in [2.75, 3.05) is 32.1 Å². The fourth-order valence-electron chi connectivity index (χ4n) is 3.77. The first kappa shape index (κ1) is 22.6. The molecule has 0 radical (unpaired) electrons. The van der Waals surface area contributed by atoms with Gasteiger partial charge in [0, 0.05) is 26.1 Å². The van der Waals surface area contributed by atoms with Gasteiger partial charge in [-0.25, -0.2) is 9.18 Å². The van der Waals surface area contributed by atoms with Crippen LogP contribution in [-0.4, -0.2) is 43.6 Å². The molecule has 7 heteroatoms. The molecule has 0 unspecified atom stereocenters. The summed E-state index contributed by atoms with van der Waals surface area (Å²) >= 11 is 0. The first-order valence-electron chi connectivity index (χ1n) is 10.7. The number of likely N-dealkylation sites (tertiary alicyclic amines) is 1. The van der Waals surface area contributed by atoms with Crippen molar-refractivity contribution in [3.8, 4) is 5.75 Å². The zero-order chi connectivity index (χ0) is 22.1. The third-order valence-corrected chi connectivity index (χ3v) is 5.67. The van der Waals surface area contributed by atoms with E-state index in [1.54, 1.807) is 30.2 Å². The van der Waals surface area contributed by atoms with E-state index in [1.165, 1.54) is 6.07 Å². The average molecular weight is 428 g/mol. The first-order chi connectivity index (χ1) is 15.0. The minimum atomic E-state index is -0.437. The van der Waals surface area contributed by atoms with Crippen LogP contribution in [0.15, 0.2) is 48.5 Å². The van der Waals surface area contributed by atoms with Gasteiger partial charge >= 0.3 is 6.03 Å². The molecule has 1 saturated heterocycles. The number of urea groups is 1. The molecule has 3 amide bonds. The van der Waals surface area contributed by atoms with Gasteiger partial charge in [0.15, 0.2) is 0 Å². The number of carbonyl (C=O) groups is 2. The highest BCUT2D eigenvalue weighted by molar-refractivity contribution is 5.89. The van der Waals surface area contributed by atoms with Crippen LogP contribution in [0, 0.1) is 11.7 Å². The Morgan fingerprint density at radius 2 is 1.90 bits per heavy atom. The minimum absolute atomic E-state index is 0.0459. The van der Waals surface area contributed by atoms with Crippen molar-refractivity contribution in [1.82, 2.24) is 10.2 Å². The van der Waals surface area contributed by atoms with E-state index < -0.39 is 5.82 Å². The van der Waals surface area contributed by atoms with Crippen LogP contribution in [0.25, 0.3) is 0 Å². The van der Waals surface area contributed by atoms with Gasteiger partial charge in [0.05, 0.1) is 12.8 Å². The number of halogens is 1. The smallest absolute Gasteiger partial charge is 0.321 e. The fourth-order valence-corrected chi connectivity index (χ4v) is 3.77. The molecule has 2 aromatic carbocycles. The van der Waals surface area contributed by atoms with Crippen molar-refractivity contribution < 1.29 is 18.7 Å². The number of ether oxygens (including phenoxy) is 1. The maximum atomic E-state index is 13.7. The number of hydrogen-bond acceptors (Lipinski definition) is 3. The maximum Gasteiger partial charge on any atom is 0.321 e. The summed E-state index contributed by atoms with van der Waals surface area (Å²) in [5.74, 6) is 0.875. The molecule has 0 saturated carbocycles. The summed E-state index contributed by atoms with van der Waals surface area (Å²) in [6.45, 7) is 1.91. The largest absolute Gasteiger partial charge is 0.497 e. The fraction of sp³-hybridized carbons (Fsp3) is 0.417. The molecule has 6 nitrogen and oxygen atoms in total. The van der Waals surface area contributed by atoms with Gasteiger partial charge < -0.3 is 20.3 Å². The van der Waals surface area contributed by atoms with E-state index in [0.29, 0.717) is 38.4 Å². The molecule has 0 aromatic heterocycles. The van der Waals surface area contributed by atoms with Crippen LogP contribution < -0.4 is 15.4 Å². The number of benzene rings is 2. The molecule has 166 valence electrons. The lowest BCUT2D eigenvalue weighted by Gasteiger charge is -2.32. The number of methoxy groups -OCH3 is 1. The van der Waals surface area contributed by atoms with Crippen molar-refractivity contribution in [3.05, 3.63) is 59.9 Å². The molecule has 1 heterocycles. The summed E-state index contributed by atoms with van der Waals surface area (Å²) in [5.41, 5.74) is 1.28. The zero-order valence-corrected chi connectivity index (χ0v) is 17.9. The highest BCUT2D eigenvalue weighted by Crippen LogP contribution is 2.21. The summed E-state index contributed by atoms with van der Waals surface area (Å²) in [7, 11) is 1.63. The summed E-state index contributed by atoms with van der Waals surface area (Å²) < 4.78 is 18.9. The summed E-state index contributed by atoms with van der Waals surface area (Å²) in [5, 5.41) is 5.63. The molecule has 1 fully saturated rings. The number of hydrogen-bond donors (Lipinski definition) is 2. The number of nitrogens with zero attached hydrogens (tertiary/aromatic N) is 1. The Morgan fingerprint density at radius 3 is 2.65 bits per heavy atom. The van der Waals surface area contributed by atoms with E-state index in [4.69, 9.17) is 4.74 Å². The summed E-state index contributed by atoms with van der Waals surface area (Å²) in [6, 6.07) is 13.6. The second-order valence-corrected chi connectivity index (χ2v) is 7.83. The van der Waals surface area contributed by atoms with E-state index >= 15 is 0 Å². The number of rotatable bonds is 8. The third-order valence-electron chi connectivity index (χ3n) is 5.67. The Kier molecular flexibility index (Phi) is 8.27. The van der Waals surface area contributed by atoms with Gasteiger partial charge in [-0.15, -0.1) is 0 Å². The molecule has 1 aliphatic rings. The number of nitrogens with one attached hydrogen (secondary N) is 2. The van der Waals surface area contributed by atoms with Crippen LogP contribution in [0.2, 0.25) is 0 Å². The number of carbonyl (C=O) groups excluding carboxylic acids is 2. The molecular formula is C24H30FN3O3. The lowest BCUT2D eigenvalue weighted by atomic mass is 9.93. The molecule has 0 atom stereocenters. The van der Waals surface area contributed by atoms with Gasteiger partial charge in [-0.2, -0.15) is 0 Å². The van der Waals surface area contributed by atoms with Gasteiger partial charge in [-0.1, -0.05) is 24.3 Å². The van der Waals surface area contributed by atoms with Crippen LogP contribution in [0.3, 0.4) is 0 Å². The predicted molar refractivity (Wildman–Crippen MR) is 119 cm³/mol. The van der Waals surface area contributed by atoms with E-state index in [2.05, 4.69) is 10.6 Å². The van der Waals surface area contributed by atoms with Crippen LogP contribution in [0.1, 0.15) is 31.2 Å². The Morgan fingerprint density at radius 1 is 1.13 bits per heavy atom. The van der Waals surface area contributed by atoms with Crippen molar-refractivity contribution in [1.29, 1.82) is 0 Å². The third kappa shape index (κ3) is 6.98. The van der Waals surface area contributed by atoms with E-state index in [9.17, 15) is 14.0 Å². The average Bonchev–Trinajstić information content (AvgIpc) is 2.80. The van der Waals surface area contributed by atoms with E-state index in [-0.39, 0.29) is 17.6 Å². The normalized spacial score (nSPS) is 14.2. The van der Waals surface area contributed by atoms with Crippen LogP contribution in [0.4, 0.5) is 14.9 Å². The quantitative estimate of drug-likeness (QED) is 0.663. The van der Waals surface area contributed by atoms with Gasteiger partial charge in [0.2, 0.25) is 5.91 Å². The molecular weight excluding hydrogens is 397 g/mol. The van der Waals surface area contributed by atoms with E-state index in [0.717, 1.165) is 30.6 Å². The Hall–Kier alpha value is -3.09. The second kappa shape index (κ2) is 11.3. The highest BCUT2D eigenvalue weighted by atomic mass is 19.1. The standard InChI is InChI=1S/C24H30FN3O3/c1-31-20-6-4-5-19(17-20)9-10-23(29)26-14-11-18-12-15-28(16-13-18)24(30)27-22-8-3-2-7-21(22)25/h2-8,17-18H,9-16H2,1H3,(H,26,29)(H,27,30). The topological polar surface area (TPSA) is 70.7 Å².